The normalized spacial score (nSPS) is 16.8. The Morgan fingerprint density at radius 3 is 2.07 bits per heavy atom. The van der Waals surface area contributed by atoms with Crippen molar-refractivity contribution in [1.82, 2.24) is 0 Å². The fraction of sp³-hybridized carbons (Fsp3) is 0.467. The van der Waals surface area contributed by atoms with E-state index in [9.17, 15) is 0 Å². The highest BCUT2D eigenvalue weighted by Crippen LogP contribution is 2.34. The highest BCUT2D eigenvalue weighted by Gasteiger charge is 2.16. The van der Waals surface area contributed by atoms with E-state index in [-0.39, 0.29) is 0 Å². The Hall–Kier alpha value is -1.04. The number of hydrogen-bond acceptors (Lipinski definition) is 0. The van der Waals surface area contributed by atoms with Crippen molar-refractivity contribution in [3.63, 3.8) is 0 Å². The Balaban J connectivity index is 0.000000531. The molecule has 1 saturated carbocycles. The quantitative estimate of drug-likeness (QED) is 0.567. The minimum absolute atomic E-state index is 0.784. The van der Waals surface area contributed by atoms with Gasteiger partial charge in [0.25, 0.3) is 0 Å². The molecule has 0 nitrogen and oxygen atoms in total. The molecule has 0 unspecified atom stereocenters. The van der Waals surface area contributed by atoms with Gasteiger partial charge in [0.15, 0.2) is 0 Å². The molecule has 0 saturated heterocycles. The molecular formula is C15H22. The topological polar surface area (TPSA) is 0 Å². The molecule has 0 bridgehead atoms. The lowest BCUT2D eigenvalue weighted by Crippen LogP contribution is -2.05. The zero-order valence-corrected chi connectivity index (χ0v) is 10.00. The molecule has 0 radical (unpaired) electrons. The predicted molar refractivity (Wildman–Crippen MR) is 68.1 cm³/mol. The van der Waals surface area contributed by atoms with E-state index >= 15 is 0 Å². The number of benzene rings is 1. The van der Waals surface area contributed by atoms with E-state index in [1.165, 1.54) is 36.8 Å². The van der Waals surface area contributed by atoms with Crippen LogP contribution < -0.4 is 0 Å². The lowest BCUT2D eigenvalue weighted by molar-refractivity contribution is 0.518. The minimum atomic E-state index is 0.784. The lowest BCUT2D eigenvalue weighted by atomic mass is 9.82. The molecule has 0 N–H and O–H groups in total. The summed E-state index contributed by atoms with van der Waals surface area (Å²) < 4.78 is 0. The molecule has 0 heteroatoms. The first-order valence-electron chi connectivity index (χ1n) is 6.08. The number of rotatable bonds is 1. The van der Waals surface area contributed by atoms with E-state index in [2.05, 4.69) is 36.9 Å². The molecule has 0 spiro atoms. The molecule has 0 atom stereocenters. The summed E-state index contributed by atoms with van der Waals surface area (Å²) >= 11 is 0. The Morgan fingerprint density at radius 2 is 1.53 bits per heavy atom. The maximum atomic E-state index is 4.04. The van der Waals surface area contributed by atoms with Gasteiger partial charge in [-0.15, -0.1) is 0 Å². The summed E-state index contributed by atoms with van der Waals surface area (Å²) in [5.74, 6) is 0.784. The van der Waals surface area contributed by atoms with Gasteiger partial charge in [0.1, 0.15) is 0 Å². The Labute approximate surface area is 94.0 Å². The summed E-state index contributed by atoms with van der Waals surface area (Å²) in [5.41, 5.74) is 2.95. The average molecular weight is 202 g/mol. The number of allylic oxidation sites excluding steroid dienone is 1. The van der Waals surface area contributed by atoms with Crippen LogP contribution in [0.15, 0.2) is 42.5 Å². The van der Waals surface area contributed by atoms with Gasteiger partial charge in [-0.2, -0.15) is 0 Å². The molecule has 1 aliphatic rings. The van der Waals surface area contributed by atoms with Crippen LogP contribution in [0.5, 0.6) is 0 Å². The first-order valence-corrected chi connectivity index (χ1v) is 6.08. The monoisotopic (exact) mass is 202 g/mol. The van der Waals surface area contributed by atoms with E-state index in [4.69, 9.17) is 0 Å². The van der Waals surface area contributed by atoms with Gasteiger partial charge in [-0.25, -0.2) is 0 Å². The van der Waals surface area contributed by atoms with Gasteiger partial charge in [-0.1, -0.05) is 56.3 Å². The maximum Gasteiger partial charge on any atom is -0.0156 e. The van der Waals surface area contributed by atoms with Crippen LogP contribution in [0.4, 0.5) is 0 Å². The third kappa shape index (κ3) is 3.54. The third-order valence-corrected chi connectivity index (χ3v) is 2.96. The Morgan fingerprint density at radius 1 is 1.00 bits per heavy atom. The van der Waals surface area contributed by atoms with Gasteiger partial charge in [0.2, 0.25) is 0 Å². The Bertz CT molecular complexity index is 274. The molecular weight excluding hydrogens is 180 g/mol. The SMILES string of the molecule is C=C1CCC(c2ccccc2)CC1.CC. The van der Waals surface area contributed by atoms with Crippen molar-refractivity contribution in [1.29, 1.82) is 0 Å². The smallest absolute Gasteiger partial charge is 0.0156 e. The fourth-order valence-corrected chi connectivity index (χ4v) is 2.08. The van der Waals surface area contributed by atoms with Crippen LogP contribution in [0.1, 0.15) is 51.0 Å². The maximum absolute atomic E-state index is 4.04. The van der Waals surface area contributed by atoms with Gasteiger partial charge in [-0.3, -0.25) is 0 Å². The standard InChI is InChI=1S/C13H16.C2H6/c1-11-7-9-13(10-8-11)12-5-3-2-4-6-12;1-2/h2-6,13H,1,7-10H2;1-2H3. The molecule has 2 rings (SSSR count). The molecule has 1 aromatic carbocycles. The summed E-state index contributed by atoms with van der Waals surface area (Å²) in [6.45, 7) is 8.04. The van der Waals surface area contributed by atoms with Crippen LogP contribution in [0.3, 0.4) is 0 Å². The van der Waals surface area contributed by atoms with Crippen LogP contribution in [0.25, 0.3) is 0 Å². The van der Waals surface area contributed by atoms with Crippen molar-refractivity contribution in [2.24, 2.45) is 0 Å². The van der Waals surface area contributed by atoms with Crippen LogP contribution in [-0.4, -0.2) is 0 Å². The molecule has 15 heavy (non-hydrogen) atoms. The van der Waals surface area contributed by atoms with Crippen LogP contribution in [0.2, 0.25) is 0 Å². The van der Waals surface area contributed by atoms with Gasteiger partial charge >= 0.3 is 0 Å². The van der Waals surface area contributed by atoms with E-state index < -0.39 is 0 Å². The van der Waals surface area contributed by atoms with Crippen LogP contribution >= 0.6 is 0 Å². The molecule has 0 aromatic heterocycles. The van der Waals surface area contributed by atoms with E-state index in [0.29, 0.717) is 0 Å². The summed E-state index contributed by atoms with van der Waals surface area (Å²) in [4.78, 5) is 0. The van der Waals surface area contributed by atoms with Crippen molar-refractivity contribution in [3.8, 4) is 0 Å². The fourth-order valence-electron chi connectivity index (χ4n) is 2.08. The second-order valence-electron chi connectivity index (χ2n) is 3.93. The van der Waals surface area contributed by atoms with Crippen molar-refractivity contribution in [3.05, 3.63) is 48.0 Å². The summed E-state index contributed by atoms with van der Waals surface area (Å²) in [5, 5.41) is 0. The highest BCUT2D eigenvalue weighted by molar-refractivity contribution is 5.21. The van der Waals surface area contributed by atoms with Gasteiger partial charge in [0, 0.05) is 0 Å². The van der Waals surface area contributed by atoms with E-state index in [1.54, 1.807) is 0 Å². The molecule has 0 aliphatic heterocycles. The summed E-state index contributed by atoms with van der Waals surface area (Å²) in [7, 11) is 0. The second kappa shape index (κ2) is 6.44. The van der Waals surface area contributed by atoms with Crippen molar-refractivity contribution in [2.75, 3.05) is 0 Å². The van der Waals surface area contributed by atoms with Crippen molar-refractivity contribution in [2.45, 2.75) is 45.4 Å². The molecule has 82 valence electrons. The largest absolute Gasteiger partial charge is 0.0999 e. The first-order chi connectivity index (χ1) is 7.36. The highest BCUT2D eigenvalue weighted by atomic mass is 14.2. The molecule has 1 fully saturated rings. The molecule has 0 heterocycles. The van der Waals surface area contributed by atoms with E-state index in [1.807, 2.05) is 13.8 Å². The lowest BCUT2D eigenvalue weighted by Gasteiger charge is -2.23. The average Bonchev–Trinajstić information content (AvgIpc) is 2.34. The molecule has 1 aliphatic carbocycles. The van der Waals surface area contributed by atoms with Crippen LogP contribution in [-0.2, 0) is 0 Å². The summed E-state index contributed by atoms with van der Waals surface area (Å²) in [6.07, 6.45) is 5.03. The first kappa shape index (κ1) is 12.0. The zero-order chi connectivity index (χ0) is 11.1. The third-order valence-electron chi connectivity index (χ3n) is 2.96. The van der Waals surface area contributed by atoms with E-state index in [0.717, 1.165) is 5.92 Å². The van der Waals surface area contributed by atoms with Crippen molar-refractivity contribution >= 4 is 0 Å². The molecule has 0 amide bonds. The summed E-state index contributed by atoms with van der Waals surface area (Å²) in [6, 6.07) is 10.9. The van der Waals surface area contributed by atoms with Gasteiger partial charge in [-0.05, 0) is 37.2 Å². The van der Waals surface area contributed by atoms with Crippen LogP contribution in [0, 0.1) is 0 Å². The zero-order valence-electron chi connectivity index (χ0n) is 10.00. The van der Waals surface area contributed by atoms with Crippen molar-refractivity contribution < 1.29 is 0 Å². The Kier molecular flexibility index (Phi) is 5.17. The van der Waals surface area contributed by atoms with Gasteiger partial charge in [0.05, 0.1) is 0 Å². The minimum Gasteiger partial charge on any atom is -0.0999 e. The number of hydrogen-bond donors (Lipinski definition) is 0. The molecule has 1 aromatic rings. The van der Waals surface area contributed by atoms with Gasteiger partial charge < -0.3 is 0 Å². The second-order valence-corrected chi connectivity index (χ2v) is 3.93. The predicted octanol–water partition coefficient (Wildman–Crippen LogP) is 4.93.